The van der Waals surface area contributed by atoms with Crippen LogP contribution < -0.4 is 0 Å². The summed E-state index contributed by atoms with van der Waals surface area (Å²) >= 11 is 2.16. The van der Waals surface area contributed by atoms with Crippen molar-refractivity contribution in [3.63, 3.8) is 0 Å². The van der Waals surface area contributed by atoms with Gasteiger partial charge in [-0.3, -0.25) is 3.97 Å². The zero-order valence-corrected chi connectivity index (χ0v) is 21.0. The van der Waals surface area contributed by atoms with Gasteiger partial charge in [0.25, 0.3) is 0 Å². The maximum Gasteiger partial charge on any atom is 0.339 e. The predicted molar refractivity (Wildman–Crippen MR) is 136 cm³/mol. The summed E-state index contributed by atoms with van der Waals surface area (Å²) in [6, 6.07) is 10.9. The number of carbonyl (C=O) groups excluding carboxylic acids is 1. The molecule has 5 rings (SSSR count). The third-order valence-electron chi connectivity index (χ3n) is 6.48. The number of nitrogens with zero attached hydrogens (tertiary/aromatic N) is 1. The van der Waals surface area contributed by atoms with E-state index in [4.69, 9.17) is 9.47 Å². The highest BCUT2D eigenvalue weighted by Crippen LogP contribution is 2.42. The largest absolute Gasteiger partial charge is 0.464 e. The van der Waals surface area contributed by atoms with E-state index in [1.807, 2.05) is 40.5 Å². The van der Waals surface area contributed by atoms with E-state index in [1.165, 1.54) is 9.12 Å². The minimum atomic E-state index is -0.743. The molecule has 2 aromatic carbocycles. The Labute approximate surface area is 207 Å². The van der Waals surface area contributed by atoms with Crippen molar-refractivity contribution in [1.82, 2.24) is 3.97 Å². The Kier molecular flexibility index (Phi) is 6.28. The number of aliphatic hydroxyl groups is 1. The molecule has 1 atom stereocenters. The van der Waals surface area contributed by atoms with Crippen LogP contribution in [0, 0.1) is 5.82 Å². The Bertz CT molecular complexity index is 1250. The first-order chi connectivity index (χ1) is 15.9. The van der Waals surface area contributed by atoms with E-state index < -0.39 is 17.7 Å². The highest BCUT2D eigenvalue weighted by molar-refractivity contribution is 14.2. The van der Waals surface area contributed by atoms with E-state index in [9.17, 15) is 9.90 Å². The van der Waals surface area contributed by atoms with Crippen molar-refractivity contribution in [1.29, 1.82) is 0 Å². The molecule has 0 amide bonds. The Balaban J connectivity index is 1.55. The fourth-order valence-electron chi connectivity index (χ4n) is 4.50. The normalized spacial score (nSPS) is 19.4. The summed E-state index contributed by atoms with van der Waals surface area (Å²) in [6.45, 7) is 2.35. The summed E-state index contributed by atoms with van der Waals surface area (Å²) in [5, 5.41) is 11.5. The van der Waals surface area contributed by atoms with Gasteiger partial charge in [-0.25, -0.2) is 9.18 Å². The van der Waals surface area contributed by atoms with E-state index >= 15 is 4.39 Å². The van der Waals surface area contributed by atoms with Crippen LogP contribution in [0.25, 0.3) is 27.6 Å². The first kappa shape index (κ1) is 22.9. The fourth-order valence-corrected chi connectivity index (χ4v) is 5.85. The molecule has 1 saturated carbocycles. The number of ether oxygens (including phenoxy) is 2. The smallest absolute Gasteiger partial charge is 0.339 e. The Hall–Kier alpha value is -1.88. The van der Waals surface area contributed by atoms with Crippen LogP contribution in [0.4, 0.5) is 4.39 Å². The molecule has 172 valence electrons. The molecule has 1 N–H and O–H groups in total. The van der Waals surface area contributed by atoms with E-state index in [-0.39, 0.29) is 12.4 Å². The zero-order chi connectivity index (χ0) is 23.2. The number of hydrogen-bond acceptors (Lipinski definition) is 5. The van der Waals surface area contributed by atoms with Crippen LogP contribution in [0.5, 0.6) is 0 Å². The molecule has 1 aliphatic heterocycles. The Morgan fingerprint density at radius 3 is 2.70 bits per heavy atom. The molecule has 33 heavy (non-hydrogen) atoms. The number of fused-ring (bicyclic) bond motifs is 1. The van der Waals surface area contributed by atoms with Crippen LogP contribution in [0.3, 0.4) is 0 Å². The molecule has 3 aromatic rings. The van der Waals surface area contributed by atoms with Gasteiger partial charge in [0.05, 0.1) is 24.3 Å². The Morgan fingerprint density at radius 1 is 1.30 bits per heavy atom. The number of carbonyl (C=O) groups is 1. The quantitative estimate of drug-likeness (QED) is 0.287. The molecular formula is C25H23FINO4S. The van der Waals surface area contributed by atoms with E-state index in [0.29, 0.717) is 12.2 Å². The van der Waals surface area contributed by atoms with Gasteiger partial charge in [-0.1, -0.05) is 24.3 Å². The average Bonchev–Trinajstić information content (AvgIpc) is 3.42. The third kappa shape index (κ3) is 4.11. The summed E-state index contributed by atoms with van der Waals surface area (Å²) < 4.78 is 27.8. The standard InChI is InChI=1S/C25H23FINO4S/c1-2-31-24(29)23-10-16(14-32-23)20-13-28(33-27)22-12-21(26)18(11-19(20)22)15-4-6-17(7-5-15)25(30)8-3-9-25/h4-7,10-13,23,30H,2-3,8-9,14H2,1H3. The van der Waals surface area contributed by atoms with Crippen LogP contribution in [0.1, 0.15) is 37.3 Å². The first-order valence-electron chi connectivity index (χ1n) is 10.9. The van der Waals surface area contributed by atoms with Crippen molar-refractivity contribution in [3.05, 3.63) is 65.6 Å². The second kappa shape index (κ2) is 9.05. The van der Waals surface area contributed by atoms with Gasteiger partial charge < -0.3 is 14.6 Å². The molecule has 8 heteroatoms. The summed E-state index contributed by atoms with van der Waals surface area (Å²) in [7, 11) is 1.45. The van der Waals surface area contributed by atoms with Gasteiger partial charge in [0.2, 0.25) is 0 Å². The van der Waals surface area contributed by atoms with Gasteiger partial charge in [-0.2, -0.15) is 0 Å². The van der Waals surface area contributed by atoms with E-state index in [0.717, 1.165) is 52.4 Å². The highest BCUT2D eigenvalue weighted by atomic mass is 127. The van der Waals surface area contributed by atoms with Gasteiger partial charge >= 0.3 is 5.97 Å². The molecule has 2 aliphatic rings. The minimum Gasteiger partial charge on any atom is -0.464 e. The molecule has 0 saturated heterocycles. The number of benzene rings is 2. The van der Waals surface area contributed by atoms with Gasteiger partial charge in [0, 0.05) is 53.0 Å². The maximum absolute atomic E-state index is 15.2. The lowest BCUT2D eigenvalue weighted by Gasteiger charge is -2.37. The lowest BCUT2D eigenvalue weighted by molar-refractivity contribution is -0.151. The molecule has 1 aliphatic carbocycles. The summed E-state index contributed by atoms with van der Waals surface area (Å²) in [5.41, 5.74) is 3.92. The number of hydrogen-bond donors (Lipinski definition) is 1. The van der Waals surface area contributed by atoms with Crippen LogP contribution in [0.15, 0.2) is 48.7 Å². The van der Waals surface area contributed by atoms with Crippen molar-refractivity contribution in [2.75, 3.05) is 13.2 Å². The zero-order valence-electron chi connectivity index (χ0n) is 18.0. The monoisotopic (exact) mass is 579 g/mol. The van der Waals surface area contributed by atoms with Crippen LogP contribution in [-0.4, -0.2) is 34.4 Å². The molecule has 0 spiro atoms. The number of rotatable bonds is 6. The average molecular weight is 579 g/mol. The van der Waals surface area contributed by atoms with Gasteiger partial charge in [-0.15, -0.1) is 0 Å². The second-order valence-electron chi connectivity index (χ2n) is 8.42. The van der Waals surface area contributed by atoms with Gasteiger partial charge in [-0.05, 0) is 61.1 Å². The Morgan fingerprint density at radius 2 is 2.06 bits per heavy atom. The number of esters is 1. The summed E-state index contributed by atoms with van der Waals surface area (Å²) in [5.74, 6) is -0.713. The van der Waals surface area contributed by atoms with Gasteiger partial charge in [0.1, 0.15) is 5.82 Å². The lowest BCUT2D eigenvalue weighted by Crippen LogP contribution is -2.33. The molecule has 1 fully saturated rings. The van der Waals surface area contributed by atoms with Crippen molar-refractivity contribution in [2.45, 2.75) is 37.9 Å². The molecular weight excluding hydrogens is 556 g/mol. The first-order valence-corrected chi connectivity index (χ1v) is 14.2. The van der Waals surface area contributed by atoms with Gasteiger partial charge in [0.15, 0.2) is 6.10 Å². The molecule has 2 heterocycles. The van der Waals surface area contributed by atoms with Crippen molar-refractivity contribution >= 4 is 52.8 Å². The molecule has 0 radical (unpaired) electrons. The van der Waals surface area contributed by atoms with Crippen LogP contribution in [-0.2, 0) is 19.9 Å². The van der Waals surface area contributed by atoms with Crippen molar-refractivity contribution < 1.29 is 23.8 Å². The minimum absolute atomic E-state index is 0.286. The highest BCUT2D eigenvalue weighted by Gasteiger charge is 2.36. The van der Waals surface area contributed by atoms with Crippen molar-refractivity contribution in [3.8, 4) is 11.1 Å². The third-order valence-corrected chi connectivity index (χ3v) is 8.21. The topological polar surface area (TPSA) is 60.7 Å². The molecule has 5 nitrogen and oxygen atoms in total. The van der Waals surface area contributed by atoms with Crippen molar-refractivity contribution in [2.24, 2.45) is 0 Å². The lowest BCUT2D eigenvalue weighted by atomic mass is 9.75. The van der Waals surface area contributed by atoms with E-state index in [1.54, 1.807) is 19.1 Å². The van der Waals surface area contributed by atoms with Crippen LogP contribution >= 0.6 is 30.3 Å². The number of aromatic nitrogens is 1. The predicted octanol–water partition coefficient (Wildman–Crippen LogP) is 6.01. The molecule has 1 aromatic heterocycles. The second-order valence-corrected chi connectivity index (χ2v) is 10.1. The summed E-state index contributed by atoms with van der Waals surface area (Å²) in [6.07, 6.45) is 5.56. The molecule has 1 unspecified atom stereocenters. The SMILES string of the molecule is CCOC(=O)C1C=C(c2cn(SI)c3cc(F)c(-c4ccc(C5(O)CCC5)cc4)cc23)CO1. The summed E-state index contributed by atoms with van der Waals surface area (Å²) in [4.78, 5) is 12.1. The number of halogens is 2. The van der Waals surface area contributed by atoms with Crippen LogP contribution in [0.2, 0.25) is 0 Å². The molecule has 0 bridgehead atoms. The fraction of sp³-hybridized carbons (Fsp3) is 0.320. The van der Waals surface area contributed by atoms with E-state index in [2.05, 4.69) is 21.2 Å². The maximum atomic E-state index is 15.2.